The lowest BCUT2D eigenvalue weighted by Gasteiger charge is -2.27. The van der Waals surface area contributed by atoms with Crippen LogP contribution in [0.1, 0.15) is 25.0 Å². The lowest BCUT2D eigenvalue weighted by atomic mass is 9.88. The average Bonchev–Trinajstić information content (AvgIpc) is 2.60. The molecule has 1 fully saturated rings. The molecule has 0 radical (unpaired) electrons. The molecule has 1 aromatic carbocycles. The van der Waals surface area contributed by atoms with Gasteiger partial charge in [0.05, 0.1) is 4.90 Å². The molecule has 1 saturated carbocycles. The predicted octanol–water partition coefficient (Wildman–Crippen LogP) is 4.00. The predicted molar refractivity (Wildman–Crippen MR) is 101 cm³/mol. The molecule has 1 unspecified atom stereocenters. The topological polar surface area (TPSA) is 59.1 Å². The number of pyridine rings is 1. The molecule has 3 rings (SSSR count). The molecule has 1 aromatic heterocycles. The quantitative estimate of drug-likeness (QED) is 0.903. The molecule has 0 spiro atoms. The Morgan fingerprint density at radius 1 is 1.08 bits per heavy atom. The second kappa shape index (κ2) is 6.94. The minimum Gasteiger partial charge on any atom is -0.261 e. The van der Waals surface area contributed by atoms with Gasteiger partial charge in [-0.25, -0.2) is 13.1 Å². The van der Waals surface area contributed by atoms with Crippen LogP contribution in [-0.2, 0) is 10.0 Å². The van der Waals surface area contributed by atoms with Gasteiger partial charge in [-0.1, -0.05) is 36.9 Å². The third kappa shape index (κ3) is 3.89. The Morgan fingerprint density at radius 3 is 2.40 bits per heavy atom. The van der Waals surface area contributed by atoms with Crippen LogP contribution in [0.2, 0.25) is 0 Å². The molecule has 2 aromatic rings. The van der Waals surface area contributed by atoms with Crippen molar-refractivity contribution in [2.45, 2.75) is 37.1 Å². The summed E-state index contributed by atoms with van der Waals surface area (Å²) in [4.78, 5) is 4.52. The van der Waals surface area contributed by atoms with E-state index in [-0.39, 0.29) is 10.9 Å². The van der Waals surface area contributed by atoms with Crippen LogP contribution in [0.4, 0.5) is 0 Å². The number of hydrogen-bond donors (Lipinski definition) is 1. The first-order valence-corrected chi connectivity index (χ1v) is 9.77. The molecule has 1 aliphatic rings. The maximum atomic E-state index is 12.7. The van der Waals surface area contributed by atoms with E-state index >= 15 is 0 Å². The fourth-order valence-electron chi connectivity index (χ4n) is 2.95. The first kappa shape index (κ1) is 17.6. The van der Waals surface area contributed by atoms with Gasteiger partial charge in [-0.2, -0.15) is 0 Å². The van der Waals surface area contributed by atoms with Crippen LogP contribution in [0.15, 0.2) is 71.8 Å². The van der Waals surface area contributed by atoms with E-state index in [1.165, 1.54) is 0 Å². The zero-order valence-corrected chi connectivity index (χ0v) is 15.1. The van der Waals surface area contributed by atoms with Crippen LogP contribution in [0, 0.1) is 6.92 Å². The number of hydrogen-bond acceptors (Lipinski definition) is 3. The number of rotatable bonds is 4. The van der Waals surface area contributed by atoms with Crippen molar-refractivity contribution in [2.75, 3.05) is 0 Å². The van der Waals surface area contributed by atoms with Crippen LogP contribution in [0.3, 0.4) is 0 Å². The van der Waals surface area contributed by atoms with Gasteiger partial charge in [0.2, 0.25) is 10.0 Å². The highest BCUT2D eigenvalue weighted by Gasteiger charge is 2.25. The standard InChI is InChI=1S/C20H22N2O2S/c1-14-5-4-6-20(16(14)3)22-25(23,24)19-11-9-17(10-12-19)18-8-7-15(2)21-13-18/h7-13,20,22H,1,3-6H2,2H3. The first-order valence-electron chi connectivity index (χ1n) is 8.29. The van der Waals surface area contributed by atoms with E-state index in [4.69, 9.17) is 0 Å². The molecular formula is C20H22N2O2S. The molecular weight excluding hydrogens is 332 g/mol. The lowest BCUT2D eigenvalue weighted by molar-refractivity contribution is 0.531. The average molecular weight is 354 g/mol. The van der Waals surface area contributed by atoms with Gasteiger partial charge in [0.15, 0.2) is 0 Å². The Kier molecular flexibility index (Phi) is 4.88. The summed E-state index contributed by atoms with van der Waals surface area (Å²) in [5.74, 6) is 0. The van der Waals surface area contributed by atoms with Crippen molar-refractivity contribution in [3.8, 4) is 11.1 Å². The molecule has 1 aliphatic carbocycles. The minimum absolute atomic E-state index is 0.250. The molecule has 4 nitrogen and oxygen atoms in total. The molecule has 0 bridgehead atoms. The van der Waals surface area contributed by atoms with Gasteiger partial charge in [0.1, 0.15) is 0 Å². The minimum atomic E-state index is -3.59. The second-order valence-electron chi connectivity index (χ2n) is 6.41. The number of nitrogens with zero attached hydrogens (tertiary/aromatic N) is 1. The second-order valence-corrected chi connectivity index (χ2v) is 8.12. The van der Waals surface area contributed by atoms with E-state index in [2.05, 4.69) is 22.9 Å². The summed E-state index contributed by atoms with van der Waals surface area (Å²) >= 11 is 0. The van der Waals surface area contributed by atoms with Crippen LogP contribution >= 0.6 is 0 Å². The molecule has 5 heteroatoms. The van der Waals surface area contributed by atoms with Gasteiger partial charge in [-0.05, 0) is 55.5 Å². The number of nitrogens with one attached hydrogen (secondary N) is 1. The summed E-state index contributed by atoms with van der Waals surface area (Å²) in [6.07, 6.45) is 4.35. The van der Waals surface area contributed by atoms with Crippen molar-refractivity contribution in [1.29, 1.82) is 0 Å². The maximum Gasteiger partial charge on any atom is 0.241 e. The fourth-order valence-corrected chi connectivity index (χ4v) is 4.22. The Balaban J connectivity index is 1.79. The van der Waals surface area contributed by atoms with E-state index < -0.39 is 10.0 Å². The molecule has 1 atom stereocenters. The third-order valence-corrected chi connectivity index (χ3v) is 6.04. The maximum absolute atomic E-state index is 12.7. The molecule has 130 valence electrons. The van der Waals surface area contributed by atoms with E-state index in [0.717, 1.165) is 47.2 Å². The molecule has 1 N–H and O–H groups in total. The van der Waals surface area contributed by atoms with E-state index in [1.807, 2.05) is 19.1 Å². The summed E-state index contributed by atoms with van der Waals surface area (Å²) < 4.78 is 28.1. The zero-order chi connectivity index (χ0) is 18.0. The van der Waals surface area contributed by atoms with Crippen molar-refractivity contribution in [1.82, 2.24) is 9.71 Å². The number of benzene rings is 1. The van der Waals surface area contributed by atoms with Gasteiger partial charge < -0.3 is 0 Å². The Bertz CT molecular complexity index is 898. The first-order chi connectivity index (χ1) is 11.9. The third-order valence-electron chi connectivity index (χ3n) is 4.55. The van der Waals surface area contributed by atoms with Crippen molar-refractivity contribution in [2.24, 2.45) is 0 Å². The van der Waals surface area contributed by atoms with Crippen LogP contribution in [-0.4, -0.2) is 19.4 Å². The largest absolute Gasteiger partial charge is 0.261 e. The Hall–Kier alpha value is -2.24. The van der Waals surface area contributed by atoms with E-state index in [0.29, 0.717) is 0 Å². The summed E-state index contributed by atoms with van der Waals surface area (Å²) in [6, 6.07) is 10.5. The van der Waals surface area contributed by atoms with Crippen LogP contribution in [0.5, 0.6) is 0 Å². The summed E-state index contributed by atoms with van der Waals surface area (Å²) in [6.45, 7) is 9.87. The molecule has 0 amide bonds. The van der Waals surface area contributed by atoms with Crippen molar-refractivity contribution in [3.05, 3.63) is 72.6 Å². The Morgan fingerprint density at radius 2 is 1.76 bits per heavy atom. The lowest BCUT2D eigenvalue weighted by Crippen LogP contribution is -2.38. The zero-order valence-electron chi connectivity index (χ0n) is 14.3. The number of sulfonamides is 1. The van der Waals surface area contributed by atoms with Crippen LogP contribution < -0.4 is 4.72 Å². The highest BCUT2D eigenvalue weighted by Crippen LogP contribution is 2.28. The van der Waals surface area contributed by atoms with Gasteiger partial charge in [0.25, 0.3) is 0 Å². The van der Waals surface area contributed by atoms with Crippen LogP contribution in [0.25, 0.3) is 11.1 Å². The molecule has 0 aliphatic heterocycles. The highest BCUT2D eigenvalue weighted by molar-refractivity contribution is 7.89. The van der Waals surface area contributed by atoms with Gasteiger partial charge in [0, 0.05) is 23.5 Å². The van der Waals surface area contributed by atoms with Crippen molar-refractivity contribution >= 4 is 10.0 Å². The fraction of sp³-hybridized carbons (Fsp3) is 0.250. The normalized spacial score (nSPS) is 18.4. The molecule has 0 saturated heterocycles. The summed E-state index contributed by atoms with van der Waals surface area (Å²) in [7, 11) is -3.59. The van der Waals surface area contributed by atoms with E-state index in [9.17, 15) is 8.42 Å². The van der Waals surface area contributed by atoms with Gasteiger partial charge in [-0.15, -0.1) is 0 Å². The highest BCUT2D eigenvalue weighted by atomic mass is 32.2. The van der Waals surface area contributed by atoms with Gasteiger partial charge >= 0.3 is 0 Å². The van der Waals surface area contributed by atoms with Crippen molar-refractivity contribution in [3.63, 3.8) is 0 Å². The number of aryl methyl sites for hydroxylation is 1. The van der Waals surface area contributed by atoms with Gasteiger partial charge in [-0.3, -0.25) is 4.98 Å². The number of aromatic nitrogens is 1. The Labute approximate surface area is 149 Å². The van der Waals surface area contributed by atoms with E-state index in [1.54, 1.807) is 30.5 Å². The molecule has 1 heterocycles. The smallest absolute Gasteiger partial charge is 0.241 e. The van der Waals surface area contributed by atoms with Crippen molar-refractivity contribution < 1.29 is 8.42 Å². The monoisotopic (exact) mass is 354 g/mol. The molecule has 25 heavy (non-hydrogen) atoms. The SMILES string of the molecule is C=C1CCCC(NS(=O)(=O)c2ccc(-c3ccc(C)nc3)cc2)C1=C. The summed E-state index contributed by atoms with van der Waals surface area (Å²) in [5, 5.41) is 0. The summed E-state index contributed by atoms with van der Waals surface area (Å²) in [5.41, 5.74) is 4.56.